The summed E-state index contributed by atoms with van der Waals surface area (Å²) < 4.78 is 7.97. The van der Waals surface area contributed by atoms with E-state index in [0.29, 0.717) is 17.2 Å². The van der Waals surface area contributed by atoms with Crippen molar-refractivity contribution >= 4 is 28.9 Å². The predicted octanol–water partition coefficient (Wildman–Crippen LogP) is 4.80. The van der Waals surface area contributed by atoms with Crippen LogP contribution >= 0.6 is 0 Å². The second kappa shape index (κ2) is 7.51. The Labute approximate surface area is 173 Å². The van der Waals surface area contributed by atoms with Crippen LogP contribution in [0.4, 0.5) is 11.6 Å². The topological polar surface area (TPSA) is 84.6 Å². The van der Waals surface area contributed by atoms with E-state index in [1.54, 1.807) is 18.3 Å². The molecule has 7 heteroatoms. The molecule has 0 radical (unpaired) electrons. The molecule has 1 aliphatic rings. The molecule has 0 bridgehead atoms. The second-order valence-electron chi connectivity index (χ2n) is 7.37. The maximum atomic E-state index is 8.67. The van der Waals surface area contributed by atoms with Crippen molar-refractivity contribution in [3.8, 4) is 11.5 Å². The fourth-order valence-corrected chi connectivity index (χ4v) is 3.89. The van der Waals surface area contributed by atoms with Crippen LogP contribution in [-0.2, 0) is 19.9 Å². The van der Waals surface area contributed by atoms with Crippen LogP contribution in [0.3, 0.4) is 0 Å². The highest BCUT2D eigenvalue weighted by Crippen LogP contribution is 2.30. The molecule has 0 spiro atoms. The Kier molecular flexibility index (Phi) is 4.55. The first-order valence-corrected chi connectivity index (χ1v) is 9.86. The van der Waals surface area contributed by atoms with Crippen LogP contribution in [0.1, 0.15) is 23.2 Å². The minimum atomic E-state index is 0.509. The van der Waals surface area contributed by atoms with Crippen LogP contribution in [0.2, 0.25) is 0 Å². The standard InChI is InChI=1S/C23H21N5O2/c1-28-22-8-7-19(30-20-9-10-24-18(12-20)14-25-29)13-21(22)27-23(28)26-17-6-5-15-3-2-4-16(15)11-17/h5-14,29H,2-4H2,1H3,(H,26,27). The van der Waals surface area contributed by atoms with Gasteiger partial charge in [-0.25, -0.2) is 4.98 Å². The lowest BCUT2D eigenvalue weighted by Gasteiger charge is -2.08. The Morgan fingerprint density at radius 2 is 1.93 bits per heavy atom. The number of aryl methyl sites for hydroxylation is 3. The molecule has 4 aromatic rings. The van der Waals surface area contributed by atoms with E-state index < -0.39 is 0 Å². The van der Waals surface area contributed by atoms with E-state index in [-0.39, 0.29) is 0 Å². The normalized spacial score (nSPS) is 13.1. The van der Waals surface area contributed by atoms with E-state index in [0.717, 1.165) is 29.1 Å². The zero-order chi connectivity index (χ0) is 20.5. The molecule has 0 saturated heterocycles. The number of pyridine rings is 1. The molecule has 2 aromatic carbocycles. The Morgan fingerprint density at radius 1 is 1.07 bits per heavy atom. The van der Waals surface area contributed by atoms with E-state index in [4.69, 9.17) is 14.9 Å². The zero-order valence-electron chi connectivity index (χ0n) is 16.5. The van der Waals surface area contributed by atoms with Crippen LogP contribution in [0.5, 0.6) is 11.5 Å². The molecular weight excluding hydrogens is 378 g/mol. The first kappa shape index (κ1) is 18.2. The Balaban J connectivity index is 1.41. The van der Waals surface area contributed by atoms with Crippen LogP contribution in [0, 0.1) is 0 Å². The summed E-state index contributed by atoms with van der Waals surface area (Å²) >= 11 is 0. The Bertz CT molecular complexity index is 1260. The molecule has 2 heterocycles. The fourth-order valence-electron chi connectivity index (χ4n) is 3.89. The van der Waals surface area contributed by atoms with E-state index in [1.807, 2.05) is 29.8 Å². The van der Waals surface area contributed by atoms with Gasteiger partial charge in [-0.05, 0) is 60.7 Å². The number of aromatic nitrogens is 3. The summed E-state index contributed by atoms with van der Waals surface area (Å²) in [6, 6.07) is 15.8. The van der Waals surface area contributed by atoms with Crippen molar-refractivity contribution in [3.05, 3.63) is 71.5 Å². The van der Waals surface area contributed by atoms with Gasteiger partial charge in [-0.3, -0.25) is 4.98 Å². The number of benzene rings is 2. The Hall–Kier alpha value is -3.87. The molecule has 2 N–H and O–H groups in total. The highest BCUT2D eigenvalue weighted by molar-refractivity contribution is 5.81. The summed E-state index contributed by atoms with van der Waals surface area (Å²) in [5.41, 5.74) is 6.29. The van der Waals surface area contributed by atoms with Gasteiger partial charge >= 0.3 is 0 Å². The Morgan fingerprint density at radius 3 is 2.83 bits per heavy atom. The summed E-state index contributed by atoms with van der Waals surface area (Å²) in [5, 5.41) is 15.1. The maximum absolute atomic E-state index is 8.67. The first-order valence-electron chi connectivity index (χ1n) is 9.86. The monoisotopic (exact) mass is 399 g/mol. The summed E-state index contributed by atoms with van der Waals surface area (Å²) in [4.78, 5) is 8.84. The third-order valence-corrected chi connectivity index (χ3v) is 5.39. The first-order chi connectivity index (χ1) is 14.7. The molecule has 5 rings (SSSR count). The van der Waals surface area contributed by atoms with E-state index in [2.05, 4.69) is 33.7 Å². The van der Waals surface area contributed by atoms with Crippen molar-refractivity contribution in [2.75, 3.05) is 5.32 Å². The number of hydrogen-bond donors (Lipinski definition) is 2. The van der Waals surface area contributed by atoms with Crippen molar-refractivity contribution in [2.45, 2.75) is 19.3 Å². The molecule has 0 atom stereocenters. The van der Waals surface area contributed by atoms with E-state index in [1.165, 1.54) is 30.2 Å². The third kappa shape index (κ3) is 3.45. The average Bonchev–Trinajstić information content (AvgIpc) is 3.33. The highest BCUT2D eigenvalue weighted by atomic mass is 16.5. The number of nitrogens with zero attached hydrogens (tertiary/aromatic N) is 4. The molecule has 0 saturated carbocycles. The van der Waals surface area contributed by atoms with Gasteiger partial charge in [-0.15, -0.1) is 0 Å². The van der Waals surface area contributed by atoms with Crippen LogP contribution in [0.15, 0.2) is 59.9 Å². The van der Waals surface area contributed by atoms with Gasteiger partial charge in [0.25, 0.3) is 0 Å². The predicted molar refractivity (Wildman–Crippen MR) is 116 cm³/mol. The van der Waals surface area contributed by atoms with Crippen molar-refractivity contribution < 1.29 is 9.94 Å². The second-order valence-corrected chi connectivity index (χ2v) is 7.37. The summed E-state index contributed by atoms with van der Waals surface area (Å²) in [6.07, 6.45) is 6.42. The minimum absolute atomic E-state index is 0.509. The number of ether oxygens (including phenoxy) is 1. The number of imidazole rings is 1. The van der Waals surface area contributed by atoms with Crippen molar-refractivity contribution in [1.29, 1.82) is 0 Å². The largest absolute Gasteiger partial charge is 0.457 e. The van der Waals surface area contributed by atoms with Gasteiger partial charge in [-0.2, -0.15) is 0 Å². The highest BCUT2D eigenvalue weighted by Gasteiger charge is 2.13. The maximum Gasteiger partial charge on any atom is 0.208 e. The number of nitrogens with one attached hydrogen (secondary N) is 1. The van der Waals surface area contributed by atoms with E-state index in [9.17, 15) is 0 Å². The number of hydrogen-bond acceptors (Lipinski definition) is 6. The number of fused-ring (bicyclic) bond motifs is 2. The van der Waals surface area contributed by atoms with Crippen LogP contribution < -0.4 is 10.1 Å². The van der Waals surface area contributed by atoms with Gasteiger partial charge in [0.1, 0.15) is 11.5 Å². The average molecular weight is 399 g/mol. The van der Waals surface area contributed by atoms with Crippen LogP contribution in [-0.4, -0.2) is 26.0 Å². The molecule has 30 heavy (non-hydrogen) atoms. The summed E-state index contributed by atoms with van der Waals surface area (Å²) in [7, 11) is 1.99. The molecular formula is C23H21N5O2. The van der Waals surface area contributed by atoms with E-state index >= 15 is 0 Å². The smallest absolute Gasteiger partial charge is 0.208 e. The van der Waals surface area contributed by atoms with Crippen molar-refractivity contribution in [1.82, 2.24) is 14.5 Å². The molecule has 150 valence electrons. The van der Waals surface area contributed by atoms with Gasteiger partial charge in [-0.1, -0.05) is 11.2 Å². The lowest BCUT2D eigenvalue weighted by atomic mass is 10.1. The SMILES string of the molecule is Cn1c(Nc2ccc3c(c2)CCC3)nc2cc(Oc3ccnc(C=NO)c3)ccc21. The molecule has 2 aromatic heterocycles. The molecule has 1 aliphatic carbocycles. The van der Waals surface area contributed by atoms with Gasteiger partial charge in [0, 0.05) is 31.1 Å². The fraction of sp³-hybridized carbons (Fsp3) is 0.174. The molecule has 0 unspecified atom stereocenters. The summed E-state index contributed by atoms with van der Waals surface area (Å²) in [6.45, 7) is 0. The van der Waals surface area contributed by atoms with Gasteiger partial charge < -0.3 is 19.8 Å². The zero-order valence-corrected chi connectivity index (χ0v) is 16.5. The minimum Gasteiger partial charge on any atom is -0.457 e. The lowest BCUT2D eigenvalue weighted by molar-refractivity contribution is 0.321. The third-order valence-electron chi connectivity index (χ3n) is 5.39. The molecule has 0 aliphatic heterocycles. The van der Waals surface area contributed by atoms with Gasteiger partial charge in [0.2, 0.25) is 5.95 Å². The lowest BCUT2D eigenvalue weighted by Crippen LogP contribution is -1.99. The quantitative estimate of drug-likeness (QED) is 0.286. The summed E-state index contributed by atoms with van der Waals surface area (Å²) in [5.74, 6) is 2.06. The van der Waals surface area contributed by atoms with Crippen molar-refractivity contribution in [3.63, 3.8) is 0 Å². The van der Waals surface area contributed by atoms with Gasteiger partial charge in [0.05, 0.1) is 22.9 Å². The molecule has 0 fully saturated rings. The van der Waals surface area contributed by atoms with Crippen LogP contribution in [0.25, 0.3) is 11.0 Å². The molecule has 0 amide bonds. The number of rotatable bonds is 5. The molecule has 7 nitrogen and oxygen atoms in total. The van der Waals surface area contributed by atoms with Crippen molar-refractivity contribution in [2.24, 2.45) is 12.2 Å². The number of oxime groups is 1. The number of anilines is 2. The van der Waals surface area contributed by atoms with Gasteiger partial charge in [0.15, 0.2) is 0 Å².